The molecule has 2 aromatic rings. The second kappa shape index (κ2) is 9.06. The van der Waals surface area contributed by atoms with Crippen molar-refractivity contribution in [3.63, 3.8) is 0 Å². The van der Waals surface area contributed by atoms with Gasteiger partial charge in [-0.15, -0.1) is 0 Å². The van der Waals surface area contributed by atoms with Crippen molar-refractivity contribution in [2.75, 3.05) is 24.6 Å². The van der Waals surface area contributed by atoms with Crippen LogP contribution in [0.15, 0.2) is 30.6 Å². The Labute approximate surface area is 181 Å². The van der Waals surface area contributed by atoms with Crippen LogP contribution in [0.2, 0.25) is 5.02 Å². The van der Waals surface area contributed by atoms with Crippen molar-refractivity contribution in [1.29, 1.82) is 0 Å². The molecule has 162 valence electrons. The molecule has 1 aromatic carbocycles. The van der Waals surface area contributed by atoms with Crippen LogP contribution in [0.4, 0.5) is 5.82 Å². The Morgan fingerprint density at radius 2 is 2.07 bits per heavy atom. The maximum Gasteiger partial charge on any atom is 0.238 e. The molecule has 2 heterocycles. The number of aliphatic hydroxyl groups is 1. The number of rotatable bonds is 8. The molecule has 2 unspecified atom stereocenters. The molecule has 0 saturated carbocycles. The van der Waals surface area contributed by atoms with E-state index in [4.69, 9.17) is 26.8 Å². The number of ether oxygens (including phenoxy) is 2. The monoisotopic (exact) mass is 434 g/mol. The van der Waals surface area contributed by atoms with Gasteiger partial charge >= 0.3 is 0 Å². The Bertz CT molecular complexity index is 886. The lowest BCUT2D eigenvalue weighted by molar-refractivity contribution is -0.119. The molecule has 1 amide bonds. The highest BCUT2D eigenvalue weighted by atomic mass is 35.5. The van der Waals surface area contributed by atoms with Gasteiger partial charge in [-0.2, -0.15) is 0 Å². The van der Waals surface area contributed by atoms with E-state index in [0.29, 0.717) is 17.4 Å². The van der Waals surface area contributed by atoms with E-state index in [9.17, 15) is 9.90 Å². The highest BCUT2D eigenvalue weighted by Gasteiger charge is 2.28. The molecule has 1 aromatic heterocycles. The van der Waals surface area contributed by atoms with Crippen molar-refractivity contribution in [2.24, 2.45) is 5.73 Å². The fraction of sp³-hybridized carbons (Fsp3) is 0.476. The van der Waals surface area contributed by atoms with Gasteiger partial charge in [0.1, 0.15) is 29.8 Å². The van der Waals surface area contributed by atoms with Crippen LogP contribution in [0.25, 0.3) is 0 Å². The van der Waals surface area contributed by atoms with Crippen LogP contribution in [0, 0.1) is 0 Å². The molecular formula is C21H27ClN4O4. The van der Waals surface area contributed by atoms with Crippen LogP contribution in [-0.4, -0.2) is 52.4 Å². The van der Waals surface area contributed by atoms with Gasteiger partial charge in [0.05, 0.1) is 18.1 Å². The van der Waals surface area contributed by atoms with Crippen LogP contribution in [-0.2, 0) is 4.79 Å². The minimum Gasteiger partial charge on any atom is -0.489 e. The summed E-state index contributed by atoms with van der Waals surface area (Å²) in [7, 11) is 0. The van der Waals surface area contributed by atoms with Crippen molar-refractivity contribution >= 4 is 23.3 Å². The number of hydrogen-bond acceptors (Lipinski definition) is 7. The Kier molecular flexibility index (Phi) is 6.67. The lowest BCUT2D eigenvalue weighted by atomic mass is 10.0. The van der Waals surface area contributed by atoms with E-state index < -0.39 is 5.60 Å². The first-order chi connectivity index (χ1) is 14.1. The van der Waals surface area contributed by atoms with Crippen LogP contribution in [0.3, 0.4) is 0 Å². The summed E-state index contributed by atoms with van der Waals surface area (Å²) in [5.74, 6) is 0.850. The first-order valence-corrected chi connectivity index (χ1v) is 10.2. The number of benzene rings is 1. The van der Waals surface area contributed by atoms with E-state index in [0.717, 1.165) is 24.3 Å². The Hall–Kier alpha value is -2.58. The van der Waals surface area contributed by atoms with E-state index in [2.05, 4.69) is 9.97 Å². The predicted molar refractivity (Wildman–Crippen MR) is 114 cm³/mol. The van der Waals surface area contributed by atoms with Crippen molar-refractivity contribution in [3.8, 4) is 11.6 Å². The van der Waals surface area contributed by atoms with Gasteiger partial charge in [0, 0.05) is 13.0 Å². The zero-order valence-corrected chi connectivity index (χ0v) is 18.1. The highest BCUT2D eigenvalue weighted by molar-refractivity contribution is 6.34. The molecule has 2 atom stereocenters. The van der Waals surface area contributed by atoms with Crippen LogP contribution >= 0.6 is 11.6 Å². The topological polar surface area (TPSA) is 111 Å². The van der Waals surface area contributed by atoms with Crippen LogP contribution < -0.4 is 20.1 Å². The molecule has 3 rings (SSSR count). The number of nitrogens with two attached hydrogens (primary N) is 1. The van der Waals surface area contributed by atoms with E-state index in [1.165, 1.54) is 6.33 Å². The Morgan fingerprint density at radius 3 is 2.70 bits per heavy atom. The van der Waals surface area contributed by atoms with Crippen molar-refractivity contribution in [2.45, 2.75) is 44.8 Å². The van der Waals surface area contributed by atoms with Gasteiger partial charge < -0.3 is 25.2 Å². The molecule has 1 saturated heterocycles. The number of carbonyl (C=O) groups is 1. The van der Waals surface area contributed by atoms with Crippen molar-refractivity contribution in [1.82, 2.24) is 9.97 Å². The molecule has 0 aliphatic carbocycles. The fourth-order valence-electron chi connectivity index (χ4n) is 3.12. The summed E-state index contributed by atoms with van der Waals surface area (Å²) in [6, 6.07) is 7.39. The molecule has 0 radical (unpaired) electrons. The Balaban J connectivity index is 1.62. The largest absolute Gasteiger partial charge is 0.489 e. The molecule has 1 aliphatic rings. The third-order valence-electron chi connectivity index (χ3n) is 4.86. The van der Waals surface area contributed by atoms with E-state index in [1.807, 2.05) is 29.2 Å². The maximum absolute atomic E-state index is 11.3. The molecule has 1 aliphatic heterocycles. The van der Waals surface area contributed by atoms with Gasteiger partial charge in [0.25, 0.3) is 0 Å². The van der Waals surface area contributed by atoms with Crippen LogP contribution in [0.5, 0.6) is 11.6 Å². The summed E-state index contributed by atoms with van der Waals surface area (Å²) in [6.07, 6.45) is 2.17. The van der Waals surface area contributed by atoms with E-state index in [-0.39, 0.29) is 30.4 Å². The van der Waals surface area contributed by atoms with E-state index in [1.54, 1.807) is 20.8 Å². The quantitative estimate of drug-likeness (QED) is 0.656. The van der Waals surface area contributed by atoms with Gasteiger partial charge in [-0.25, -0.2) is 9.97 Å². The summed E-state index contributed by atoms with van der Waals surface area (Å²) in [6.45, 7) is 6.47. The average Bonchev–Trinajstić information content (AvgIpc) is 3.14. The molecule has 0 spiro atoms. The summed E-state index contributed by atoms with van der Waals surface area (Å²) in [5.41, 5.74) is 5.21. The summed E-state index contributed by atoms with van der Waals surface area (Å²) >= 11 is 6.45. The number of primary amides is 1. The lowest BCUT2D eigenvalue weighted by Crippen LogP contribution is -2.29. The normalized spacial score (nSPS) is 17.6. The number of amides is 1. The van der Waals surface area contributed by atoms with E-state index >= 15 is 0 Å². The summed E-state index contributed by atoms with van der Waals surface area (Å²) in [5, 5.41) is 10.2. The van der Waals surface area contributed by atoms with Gasteiger partial charge in [0.2, 0.25) is 11.8 Å². The number of anilines is 1. The molecule has 0 bridgehead atoms. The first kappa shape index (κ1) is 22.1. The predicted octanol–water partition coefficient (Wildman–Crippen LogP) is 2.53. The van der Waals surface area contributed by atoms with Gasteiger partial charge in [-0.1, -0.05) is 23.7 Å². The number of hydrogen-bond donors (Lipinski definition) is 2. The zero-order valence-electron chi connectivity index (χ0n) is 17.3. The second-order valence-corrected chi connectivity index (χ2v) is 8.46. The smallest absolute Gasteiger partial charge is 0.238 e. The summed E-state index contributed by atoms with van der Waals surface area (Å²) < 4.78 is 11.6. The second-order valence-electron chi connectivity index (χ2n) is 8.09. The van der Waals surface area contributed by atoms with Gasteiger partial charge in [0.15, 0.2) is 5.82 Å². The fourth-order valence-corrected chi connectivity index (χ4v) is 3.39. The molecule has 8 nitrogen and oxygen atoms in total. The number of aromatic nitrogens is 2. The molecular weight excluding hydrogens is 408 g/mol. The summed E-state index contributed by atoms with van der Waals surface area (Å²) in [4.78, 5) is 21.7. The maximum atomic E-state index is 11.3. The minimum absolute atomic E-state index is 0.0313. The van der Waals surface area contributed by atoms with Gasteiger partial charge in [-0.05, 0) is 38.5 Å². The third kappa shape index (κ3) is 5.52. The van der Waals surface area contributed by atoms with Crippen molar-refractivity contribution in [3.05, 3.63) is 41.2 Å². The number of halogens is 1. The molecule has 30 heavy (non-hydrogen) atoms. The number of nitrogens with zero attached hydrogens (tertiary/aromatic N) is 3. The Morgan fingerprint density at radius 1 is 1.37 bits per heavy atom. The lowest BCUT2D eigenvalue weighted by Gasteiger charge is -2.21. The van der Waals surface area contributed by atoms with Crippen LogP contribution in [0.1, 0.15) is 38.7 Å². The average molecular weight is 435 g/mol. The first-order valence-electron chi connectivity index (χ1n) is 9.80. The highest BCUT2D eigenvalue weighted by Crippen LogP contribution is 2.33. The van der Waals surface area contributed by atoms with Gasteiger partial charge in [-0.3, -0.25) is 4.79 Å². The SMILES string of the molecule is CC(C(N)=O)c1ccc(OC2CCN(c3ncnc(OCC(C)(C)O)c3Cl)C2)cc1. The standard InChI is InChI=1S/C21H27ClN4O4/c1-13(18(23)27)14-4-6-15(7-5-14)30-16-8-9-26(10-16)19-17(22)20(25-12-24-19)29-11-21(2,3)28/h4-7,12-13,16,28H,8-11H2,1-3H3,(H2,23,27). The third-order valence-corrected chi connectivity index (χ3v) is 5.19. The number of carbonyl (C=O) groups excluding carboxylic acids is 1. The zero-order chi connectivity index (χ0) is 21.9. The van der Waals surface area contributed by atoms with Crippen molar-refractivity contribution < 1.29 is 19.4 Å². The molecule has 3 N–H and O–H groups in total. The minimum atomic E-state index is -0.994. The molecule has 9 heteroatoms. The molecule has 1 fully saturated rings.